The summed E-state index contributed by atoms with van der Waals surface area (Å²) in [5.74, 6) is 0.348. The van der Waals surface area contributed by atoms with Gasteiger partial charge in [0.2, 0.25) is 0 Å². The third-order valence-corrected chi connectivity index (χ3v) is 5.09. The van der Waals surface area contributed by atoms with Crippen LogP contribution in [-0.2, 0) is 16.1 Å². The Morgan fingerprint density at radius 1 is 0.967 bits per heavy atom. The molecule has 0 atom stereocenters. The van der Waals surface area contributed by atoms with E-state index < -0.39 is 0 Å². The van der Waals surface area contributed by atoms with Gasteiger partial charge in [-0.25, -0.2) is 0 Å². The molecule has 3 rings (SSSR count). The molecule has 7 heteroatoms. The van der Waals surface area contributed by atoms with E-state index in [1.807, 2.05) is 31.2 Å². The Labute approximate surface area is 176 Å². The van der Waals surface area contributed by atoms with Gasteiger partial charge < -0.3 is 19.5 Å². The van der Waals surface area contributed by atoms with Crippen LogP contribution in [0.5, 0.6) is 11.5 Å². The first-order chi connectivity index (χ1) is 14.4. The van der Waals surface area contributed by atoms with Gasteiger partial charge in [-0.05, 0) is 30.2 Å². The second-order valence-electron chi connectivity index (χ2n) is 7.12. The lowest BCUT2D eigenvalue weighted by atomic mass is 10.0. The molecule has 158 valence electrons. The highest BCUT2D eigenvalue weighted by atomic mass is 16.5. The van der Waals surface area contributed by atoms with Crippen LogP contribution < -0.4 is 9.47 Å². The molecule has 0 fully saturated rings. The maximum atomic E-state index is 13.3. The summed E-state index contributed by atoms with van der Waals surface area (Å²) in [7, 11) is 4.78. The van der Waals surface area contributed by atoms with Gasteiger partial charge in [-0.2, -0.15) is 0 Å². The van der Waals surface area contributed by atoms with Crippen LogP contribution in [0.4, 0.5) is 0 Å². The Morgan fingerprint density at radius 2 is 1.63 bits per heavy atom. The van der Waals surface area contributed by atoms with Gasteiger partial charge in [0.15, 0.2) is 11.5 Å². The zero-order valence-electron chi connectivity index (χ0n) is 17.6. The minimum absolute atomic E-state index is 0.101. The Morgan fingerprint density at radius 3 is 2.23 bits per heavy atom. The average Bonchev–Trinajstić information content (AvgIpc) is 2.99. The summed E-state index contributed by atoms with van der Waals surface area (Å²) in [4.78, 5) is 29.4. The second kappa shape index (κ2) is 9.00. The van der Waals surface area contributed by atoms with E-state index in [1.165, 1.54) is 12.0 Å². The molecule has 0 spiro atoms. The van der Waals surface area contributed by atoms with Gasteiger partial charge in [-0.3, -0.25) is 14.5 Å². The van der Waals surface area contributed by atoms with E-state index in [2.05, 4.69) is 0 Å². The number of likely N-dealkylation sites (N-methyl/N-ethyl adjacent to an activating group) is 1. The molecule has 0 aliphatic carbocycles. The first-order valence-electron chi connectivity index (χ1n) is 9.61. The fourth-order valence-corrected chi connectivity index (χ4v) is 3.46. The summed E-state index contributed by atoms with van der Waals surface area (Å²) in [6, 6.07) is 12.8. The van der Waals surface area contributed by atoms with Crippen molar-refractivity contribution in [2.75, 3.05) is 34.4 Å². The van der Waals surface area contributed by atoms with Crippen molar-refractivity contribution in [1.82, 2.24) is 9.80 Å². The number of nitrogens with zero attached hydrogens (tertiary/aromatic N) is 2. The largest absolute Gasteiger partial charge is 0.493 e. The van der Waals surface area contributed by atoms with E-state index in [-0.39, 0.29) is 31.5 Å². The Hall–Kier alpha value is -3.32. The highest BCUT2D eigenvalue weighted by Crippen LogP contribution is 2.33. The summed E-state index contributed by atoms with van der Waals surface area (Å²) in [6.07, 6.45) is 0. The van der Waals surface area contributed by atoms with E-state index in [0.29, 0.717) is 28.3 Å². The Balaban J connectivity index is 1.98. The van der Waals surface area contributed by atoms with E-state index >= 15 is 0 Å². The monoisotopic (exact) mass is 410 g/mol. The minimum atomic E-state index is -0.388. The van der Waals surface area contributed by atoms with E-state index in [9.17, 15) is 14.7 Å². The molecule has 7 nitrogen and oxygen atoms in total. The predicted molar refractivity (Wildman–Crippen MR) is 113 cm³/mol. The van der Waals surface area contributed by atoms with Crippen LogP contribution in [0.3, 0.4) is 0 Å². The molecular formula is C23H26N2O5. The summed E-state index contributed by atoms with van der Waals surface area (Å²) >= 11 is 0. The standard InChI is InChI=1S/C23H26N2O5/c1-15-5-8-17(9-6-15)20-21(24(2)11-12-26)23(28)25(22(20)27)14-16-7-10-18(29-3)19(13-16)30-4/h5-10,13,26H,11-12,14H2,1-4H3. The second-order valence-corrected chi connectivity index (χ2v) is 7.12. The van der Waals surface area contributed by atoms with Crippen LogP contribution in [0.15, 0.2) is 48.2 Å². The fourth-order valence-electron chi connectivity index (χ4n) is 3.46. The minimum Gasteiger partial charge on any atom is -0.493 e. The normalized spacial score (nSPS) is 13.8. The molecule has 2 aromatic rings. The topological polar surface area (TPSA) is 79.3 Å². The summed E-state index contributed by atoms with van der Waals surface area (Å²) in [5, 5.41) is 9.35. The van der Waals surface area contributed by atoms with Crippen LogP contribution in [0.2, 0.25) is 0 Å². The summed E-state index contributed by atoms with van der Waals surface area (Å²) in [6.45, 7) is 2.18. The highest BCUT2D eigenvalue weighted by molar-refractivity contribution is 6.35. The number of carbonyl (C=O) groups excluding carboxylic acids is 2. The van der Waals surface area contributed by atoms with Crippen molar-refractivity contribution >= 4 is 17.4 Å². The van der Waals surface area contributed by atoms with Gasteiger partial charge in [0.25, 0.3) is 11.8 Å². The van der Waals surface area contributed by atoms with Gasteiger partial charge in [0.1, 0.15) is 5.70 Å². The lowest BCUT2D eigenvalue weighted by Gasteiger charge is -2.20. The lowest BCUT2D eigenvalue weighted by Crippen LogP contribution is -2.34. The number of benzene rings is 2. The van der Waals surface area contributed by atoms with E-state index in [0.717, 1.165) is 11.1 Å². The first kappa shape index (κ1) is 21.4. The Kier molecular flexibility index (Phi) is 6.42. The number of rotatable bonds is 8. The zero-order chi connectivity index (χ0) is 21.8. The van der Waals surface area contributed by atoms with Crippen molar-refractivity contribution in [3.05, 3.63) is 64.9 Å². The van der Waals surface area contributed by atoms with Gasteiger partial charge in [-0.1, -0.05) is 35.9 Å². The third kappa shape index (κ3) is 4.02. The summed E-state index contributed by atoms with van der Waals surface area (Å²) < 4.78 is 10.6. The van der Waals surface area contributed by atoms with Crippen molar-refractivity contribution in [2.45, 2.75) is 13.5 Å². The highest BCUT2D eigenvalue weighted by Gasteiger charge is 2.40. The molecule has 0 aromatic heterocycles. The number of hydrogen-bond donors (Lipinski definition) is 1. The molecule has 1 aliphatic rings. The maximum absolute atomic E-state index is 13.3. The lowest BCUT2D eigenvalue weighted by molar-refractivity contribution is -0.138. The molecule has 1 aliphatic heterocycles. The number of aliphatic hydroxyl groups excluding tert-OH is 1. The van der Waals surface area contributed by atoms with Crippen molar-refractivity contribution < 1.29 is 24.2 Å². The SMILES string of the molecule is COc1ccc(CN2C(=O)C(c3ccc(C)cc3)=C(N(C)CCO)C2=O)cc1OC. The van der Waals surface area contributed by atoms with Crippen molar-refractivity contribution in [1.29, 1.82) is 0 Å². The predicted octanol–water partition coefficient (Wildman–Crippen LogP) is 2.22. The van der Waals surface area contributed by atoms with Gasteiger partial charge in [0.05, 0.1) is 32.9 Å². The molecule has 0 bridgehead atoms. The molecule has 2 aromatic carbocycles. The molecule has 2 amide bonds. The average molecular weight is 410 g/mol. The maximum Gasteiger partial charge on any atom is 0.278 e. The fraction of sp³-hybridized carbons (Fsp3) is 0.304. The van der Waals surface area contributed by atoms with Crippen LogP contribution in [-0.4, -0.2) is 61.1 Å². The van der Waals surface area contributed by atoms with E-state index in [1.54, 1.807) is 37.3 Å². The van der Waals surface area contributed by atoms with Crippen LogP contribution >= 0.6 is 0 Å². The third-order valence-electron chi connectivity index (χ3n) is 5.09. The molecule has 0 radical (unpaired) electrons. The smallest absolute Gasteiger partial charge is 0.278 e. The van der Waals surface area contributed by atoms with Crippen LogP contribution in [0.25, 0.3) is 5.57 Å². The number of aliphatic hydroxyl groups is 1. The Bertz CT molecular complexity index is 982. The van der Waals surface area contributed by atoms with E-state index in [4.69, 9.17) is 9.47 Å². The van der Waals surface area contributed by atoms with Gasteiger partial charge >= 0.3 is 0 Å². The zero-order valence-corrected chi connectivity index (χ0v) is 17.6. The number of methoxy groups -OCH3 is 2. The van der Waals surface area contributed by atoms with Crippen LogP contribution in [0.1, 0.15) is 16.7 Å². The quantitative estimate of drug-likeness (QED) is 0.673. The van der Waals surface area contributed by atoms with Crippen LogP contribution in [0, 0.1) is 6.92 Å². The molecule has 0 saturated carbocycles. The molecular weight excluding hydrogens is 384 g/mol. The number of amides is 2. The van der Waals surface area contributed by atoms with Crippen molar-refractivity contribution in [3.8, 4) is 11.5 Å². The molecule has 1 heterocycles. The molecule has 0 saturated heterocycles. The number of ether oxygens (including phenoxy) is 2. The summed E-state index contributed by atoms with van der Waals surface area (Å²) in [5.41, 5.74) is 3.11. The van der Waals surface area contributed by atoms with Crippen molar-refractivity contribution in [2.24, 2.45) is 0 Å². The van der Waals surface area contributed by atoms with Gasteiger partial charge in [0, 0.05) is 13.6 Å². The first-order valence-corrected chi connectivity index (χ1v) is 9.61. The number of aryl methyl sites for hydroxylation is 1. The van der Waals surface area contributed by atoms with Gasteiger partial charge in [-0.15, -0.1) is 0 Å². The number of hydrogen-bond acceptors (Lipinski definition) is 6. The molecule has 0 unspecified atom stereocenters. The molecule has 1 N–H and O–H groups in total. The number of carbonyl (C=O) groups is 2. The number of imide groups is 1. The van der Waals surface area contributed by atoms with Crippen molar-refractivity contribution in [3.63, 3.8) is 0 Å². The molecule has 30 heavy (non-hydrogen) atoms.